The summed E-state index contributed by atoms with van der Waals surface area (Å²) in [5.41, 5.74) is 3.26. The molecular formula is C16H10N2O2. The van der Waals surface area contributed by atoms with Crippen molar-refractivity contribution in [1.82, 2.24) is 0 Å². The SMILES string of the molecule is CN1C(=O)C(=O)c2cc(-c3cccc(C#N)c3)ccc21. The molecule has 0 saturated heterocycles. The number of amides is 1. The predicted molar refractivity (Wildman–Crippen MR) is 74.3 cm³/mol. The molecule has 0 radical (unpaired) electrons. The maximum atomic E-state index is 11.9. The van der Waals surface area contributed by atoms with Crippen LogP contribution in [-0.2, 0) is 4.79 Å². The number of nitriles is 1. The number of fused-ring (bicyclic) bond motifs is 1. The van der Waals surface area contributed by atoms with E-state index in [0.29, 0.717) is 16.8 Å². The number of rotatable bonds is 1. The summed E-state index contributed by atoms with van der Waals surface area (Å²) < 4.78 is 0. The van der Waals surface area contributed by atoms with Gasteiger partial charge in [0.1, 0.15) is 0 Å². The highest BCUT2D eigenvalue weighted by molar-refractivity contribution is 6.52. The first-order valence-corrected chi connectivity index (χ1v) is 6.09. The van der Waals surface area contributed by atoms with Gasteiger partial charge in [0.15, 0.2) is 0 Å². The average Bonchev–Trinajstić information content (AvgIpc) is 2.72. The van der Waals surface area contributed by atoms with E-state index in [1.165, 1.54) is 4.90 Å². The van der Waals surface area contributed by atoms with Crippen molar-refractivity contribution < 1.29 is 9.59 Å². The second kappa shape index (κ2) is 4.32. The first-order valence-electron chi connectivity index (χ1n) is 6.09. The van der Waals surface area contributed by atoms with Gasteiger partial charge in [-0.25, -0.2) is 0 Å². The van der Waals surface area contributed by atoms with E-state index in [-0.39, 0.29) is 0 Å². The quantitative estimate of drug-likeness (QED) is 0.741. The minimum Gasteiger partial charge on any atom is -0.308 e. The molecule has 4 heteroatoms. The molecule has 2 aromatic carbocycles. The second-order valence-corrected chi connectivity index (χ2v) is 4.62. The van der Waals surface area contributed by atoms with Crippen molar-refractivity contribution >= 4 is 17.4 Å². The van der Waals surface area contributed by atoms with Gasteiger partial charge in [-0.05, 0) is 35.4 Å². The molecule has 0 unspecified atom stereocenters. The lowest BCUT2D eigenvalue weighted by Gasteiger charge is -2.09. The zero-order valence-electron chi connectivity index (χ0n) is 10.8. The molecule has 0 bridgehead atoms. The number of carbonyl (C=O) groups excluding carboxylic acids is 2. The molecule has 1 amide bonds. The summed E-state index contributed by atoms with van der Waals surface area (Å²) in [6, 6.07) is 14.5. The van der Waals surface area contributed by atoms with Crippen LogP contribution in [0.25, 0.3) is 11.1 Å². The molecule has 0 N–H and O–H groups in total. The lowest BCUT2D eigenvalue weighted by atomic mass is 10.00. The Balaban J connectivity index is 2.13. The maximum absolute atomic E-state index is 11.9. The molecule has 3 rings (SSSR count). The van der Waals surface area contributed by atoms with Gasteiger partial charge >= 0.3 is 0 Å². The molecule has 96 valence electrons. The molecule has 0 aromatic heterocycles. The van der Waals surface area contributed by atoms with Crippen molar-refractivity contribution in [3.05, 3.63) is 53.6 Å². The molecule has 2 aromatic rings. The summed E-state index contributed by atoms with van der Waals surface area (Å²) in [4.78, 5) is 24.9. The number of ketones is 1. The summed E-state index contributed by atoms with van der Waals surface area (Å²) in [6.45, 7) is 0. The van der Waals surface area contributed by atoms with Crippen LogP contribution in [0.4, 0.5) is 5.69 Å². The molecule has 0 fully saturated rings. The molecule has 20 heavy (non-hydrogen) atoms. The fraction of sp³-hybridized carbons (Fsp3) is 0.0625. The Bertz CT molecular complexity index is 787. The van der Waals surface area contributed by atoms with Gasteiger partial charge in [0.25, 0.3) is 11.7 Å². The van der Waals surface area contributed by atoms with Gasteiger partial charge in [-0.2, -0.15) is 5.26 Å². The summed E-state index contributed by atoms with van der Waals surface area (Å²) >= 11 is 0. The third kappa shape index (κ3) is 1.69. The highest BCUT2D eigenvalue weighted by Gasteiger charge is 2.33. The van der Waals surface area contributed by atoms with Crippen LogP contribution in [0.2, 0.25) is 0 Å². The molecule has 1 aliphatic heterocycles. The van der Waals surface area contributed by atoms with Crippen LogP contribution in [0, 0.1) is 11.3 Å². The summed E-state index contributed by atoms with van der Waals surface area (Å²) in [7, 11) is 1.59. The Labute approximate surface area is 115 Å². The van der Waals surface area contributed by atoms with Gasteiger partial charge in [0.05, 0.1) is 22.9 Å². The van der Waals surface area contributed by atoms with Crippen molar-refractivity contribution in [3.63, 3.8) is 0 Å². The number of benzene rings is 2. The third-order valence-corrected chi connectivity index (χ3v) is 3.43. The van der Waals surface area contributed by atoms with Gasteiger partial charge in [0.2, 0.25) is 0 Å². The van der Waals surface area contributed by atoms with Gasteiger partial charge < -0.3 is 4.90 Å². The van der Waals surface area contributed by atoms with Crippen molar-refractivity contribution in [2.45, 2.75) is 0 Å². The Morgan fingerprint density at radius 2 is 1.80 bits per heavy atom. The Kier molecular flexibility index (Phi) is 2.62. The van der Waals surface area contributed by atoms with Crippen LogP contribution in [0.5, 0.6) is 0 Å². The zero-order chi connectivity index (χ0) is 14.3. The van der Waals surface area contributed by atoms with Crippen molar-refractivity contribution in [3.8, 4) is 17.2 Å². The monoisotopic (exact) mass is 262 g/mol. The largest absolute Gasteiger partial charge is 0.308 e. The second-order valence-electron chi connectivity index (χ2n) is 4.62. The summed E-state index contributed by atoms with van der Waals surface area (Å²) in [5.74, 6) is -0.997. The van der Waals surface area contributed by atoms with E-state index >= 15 is 0 Å². The van der Waals surface area contributed by atoms with Crippen molar-refractivity contribution in [2.75, 3.05) is 11.9 Å². The van der Waals surface area contributed by atoms with Crippen LogP contribution in [0.3, 0.4) is 0 Å². The Morgan fingerprint density at radius 3 is 2.55 bits per heavy atom. The lowest BCUT2D eigenvalue weighted by Crippen LogP contribution is -2.24. The highest BCUT2D eigenvalue weighted by Crippen LogP contribution is 2.32. The standard InChI is InChI=1S/C16H10N2O2/c1-18-14-6-5-12(8-13(14)15(19)16(18)20)11-4-2-3-10(7-11)9-17/h2-8H,1H3. The fourth-order valence-corrected chi connectivity index (χ4v) is 2.34. The van der Waals surface area contributed by atoms with E-state index in [4.69, 9.17) is 5.26 Å². The number of hydrogen-bond donors (Lipinski definition) is 0. The lowest BCUT2D eigenvalue weighted by molar-refractivity contribution is -0.114. The highest BCUT2D eigenvalue weighted by atomic mass is 16.2. The van der Waals surface area contributed by atoms with Gasteiger partial charge in [-0.15, -0.1) is 0 Å². The topological polar surface area (TPSA) is 61.2 Å². The number of anilines is 1. The van der Waals surface area contributed by atoms with E-state index < -0.39 is 11.7 Å². The zero-order valence-corrected chi connectivity index (χ0v) is 10.8. The van der Waals surface area contributed by atoms with Crippen LogP contribution in [-0.4, -0.2) is 18.7 Å². The predicted octanol–water partition coefficient (Wildman–Crippen LogP) is 2.38. The number of carbonyl (C=O) groups is 2. The van der Waals surface area contributed by atoms with E-state index in [0.717, 1.165) is 11.1 Å². The maximum Gasteiger partial charge on any atom is 0.299 e. The molecule has 0 aliphatic carbocycles. The van der Waals surface area contributed by atoms with Gasteiger partial charge in [0, 0.05) is 7.05 Å². The molecule has 1 aliphatic rings. The van der Waals surface area contributed by atoms with E-state index in [1.807, 2.05) is 12.1 Å². The minimum atomic E-state index is -0.511. The smallest absolute Gasteiger partial charge is 0.299 e. The normalized spacial score (nSPS) is 13.3. The van der Waals surface area contributed by atoms with E-state index in [2.05, 4.69) is 6.07 Å². The fourth-order valence-electron chi connectivity index (χ4n) is 2.34. The van der Waals surface area contributed by atoms with Crippen LogP contribution >= 0.6 is 0 Å². The summed E-state index contributed by atoms with van der Waals surface area (Å²) in [5, 5.41) is 8.92. The number of likely N-dealkylation sites (N-methyl/N-ethyl adjacent to an activating group) is 1. The first kappa shape index (κ1) is 12.1. The Hall–Kier alpha value is -2.93. The molecule has 0 saturated carbocycles. The third-order valence-electron chi connectivity index (χ3n) is 3.43. The van der Waals surface area contributed by atoms with Crippen molar-refractivity contribution in [1.29, 1.82) is 5.26 Å². The van der Waals surface area contributed by atoms with Crippen molar-refractivity contribution in [2.24, 2.45) is 0 Å². The average molecular weight is 262 g/mol. The first-order chi connectivity index (χ1) is 9.61. The van der Waals surface area contributed by atoms with E-state index in [9.17, 15) is 9.59 Å². The Morgan fingerprint density at radius 1 is 1.05 bits per heavy atom. The van der Waals surface area contributed by atoms with Gasteiger partial charge in [-0.1, -0.05) is 18.2 Å². The molecule has 0 spiro atoms. The number of Topliss-reactive ketones (excluding diaryl/α,β-unsaturated/α-hetero) is 1. The van der Waals surface area contributed by atoms with E-state index in [1.54, 1.807) is 37.4 Å². The van der Waals surface area contributed by atoms with Crippen LogP contribution in [0.15, 0.2) is 42.5 Å². The molecule has 4 nitrogen and oxygen atoms in total. The van der Waals surface area contributed by atoms with Crippen LogP contribution < -0.4 is 4.90 Å². The molecule has 1 heterocycles. The molecule has 0 atom stereocenters. The van der Waals surface area contributed by atoms with Crippen LogP contribution in [0.1, 0.15) is 15.9 Å². The molecular weight excluding hydrogens is 252 g/mol. The van der Waals surface area contributed by atoms with Gasteiger partial charge in [-0.3, -0.25) is 9.59 Å². The summed E-state index contributed by atoms with van der Waals surface area (Å²) in [6.07, 6.45) is 0. The number of nitrogens with zero attached hydrogens (tertiary/aromatic N) is 2. The number of hydrogen-bond acceptors (Lipinski definition) is 3. The minimum absolute atomic E-state index is 0.414.